The fourth-order valence-electron chi connectivity index (χ4n) is 1.49. The molecule has 2 aromatic rings. The van der Waals surface area contributed by atoms with Gasteiger partial charge in [0.1, 0.15) is 0 Å². The van der Waals surface area contributed by atoms with Crippen LogP contribution in [0.1, 0.15) is 5.56 Å². The summed E-state index contributed by atoms with van der Waals surface area (Å²) in [7, 11) is 0. The summed E-state index contributed by atoms with van der Waals surface area (Å²) in [4.78, 5) is 11.7. The van der Waals surface area contributed by atoms with E-state index in [1.165, 1.54) is 6.07 Å². The molecule has 0 aliphatic heterocycles. The highest BCUT2D eigenvalue weighted by Gasteiger charge is 2.06. The molecule has 0 radical (unpaired) electrons. The molecule has 0 bridgehead atoms. The van der Waals surface area contributed by atoms with Gasteiger partial charge in [-0.05, 0) is 30.3 Å². The number of nitriles is 1. The molecule has 4 nitrogen and oxygen atoms in total. The van der Waals surface area contributed by atoms with Gasteiger partial charge in [0.2, 0.25) is 0 Å². The summed E-state index contributed by atoms with van der Waals surface area (Å²) < 4.78 is 0. The standard InChI is InChI=1S/C14H10ClN3O/c15-12-8-10(9-16)6-7-13(12)18-14(19)17-11-4-2-1-3-5-11/h1-8H,(H2,17,18,19). The van der Waals surface area contributed by atoms with Gasteiger partial charge in [-0.2, -0.15) is 5.26 Å². The second kappa shape index (κ2) is 5.89. The molecule has 0 atom stereocenters. The number of halogens is 1. The third-order valence-electron chi connectivity index (χ3n) is 2.38. The molecule has 2 aromatic carbocycles. The fourth-order valence-corrected chi connectivity index (χ4v) is 1.72. The van der Waals surface area contributed by atoms with E-state index in [1.54, 1.807) is 24.3 Å². The third kappa shape index (κ3) is 3.47. The van der Waals surface area contributed by atoms with E-state index in [4.69, 9.17) is 16.9 Å². The summed E-state index contributed by atoms with van der Waals surface area (Å²) in [6.45, 7) is 0. The van der Waals surface area contributed by atoms with E-state index in [-0.39, 0.29) is 0 Å². The van der Waals surface area contributed by atoms with Gasteiger partial charge < -0.3 is 10.6 Å². The Morgan fingerprint density at radius 3 is 2.47 bits per heavy atom. The number of amides is 2. The molecule has 5 heteroatoms. The molecule has 0 unspecified atom stereocenters. The quantitative estimate of drug-likeness (QED) is 0.871. The Bertz CT molecular complexity index is 635. The summed E-state index contributed by atoms with van der Waals surface area (Å²) in [5.74, 6) is 0. The third-order valence-corrected chi connectivity index (χ3v) is 2.69. The molecule has 0 aliphatic rings. The first kappa shape index (κ1) is 12.9. The maximum Gasteiger partial charge on any atom is 0.323 e. The van der Waals surface area contributed by atoms with Gasteiger partial charge in [-0.15, -0.1) is 0 Å². The average molecular weight is 272 g/mol. The first-order valence-corrected chi connectivity index (χ1v) is 5.89. The highest BCUT2D eigenvalue weighted by atomic mass is 35.5. The van der Waals surface area contributed by atoms with Crippen molar-refractivity contribution in [3.63, 3.8) is 0 Å². The average Bonchev–Trinajstić information content (AvgIpc) is 2.42. The molecular formula is C14H10ClN3O. The van der Waals surface area contributed by atoms with Gasteiger partial charge in [-0.3, -0.25) is 0 Å². The molecule has 2 amide bonds. The Hall–Kier alpha value is -2.51. The van der Waals surface area contributed by atoms with E-state index in [9.17, 15) is 4.79 Å². The number of hydrogen-bond acceptors (Lipinski definition) is 2. The first-order valence-electron chi connectivity index (χ1n) is 5.52. The molecule has 0 spiro atoms. The van der Waals surface area contributed by atoms with Crippen LogP contribution in [0.5, 0.6) is 0 Å². The highest BCUT2D eigenvalue weighted by Crippen LogP contribution is 2.22. The van der Waals surface area contributed by atoms with Crippen LogP contribution in [0.15, 0.2) is 48.5 Å². The molecule has 94 valence electrons. The van der Waals surface area contributed by atoms with Crippen molar-refractivity contribution >= 4 is 29.0 Å². The van der Waals surface area contributed by atoms with Crippen molar-refractivity contribution in [1.29, 1.82) is 5.26 Å². The minimum atomic E-state index is -0.391. The fraction of sp³-hybridized carbons (Fsp3) is 0. The molecular weight excluding hydrogens is 262 g/mol. The van der Waals surface area contributed by atoms with Gasteiger partial charge >= 0.3 is 6.03 Å². The van der Waals surface area contributed by atoms with Crippen LogP contribution in [0.2, 0.25) is 5.02 Å². The number of urea groups is 1. The highest BCUT2D eigenvalue weighted by molar-refractivity contribution is 6.33. The number of para-hydroxylation sites is 1. The van der Waals surface area contributed by atoms with E-state index in [1.807, 2.05) is 24.3 Å². The summed E-state index contributed by atoms with van der Waals surface area (Å²) in [5, 5.41) is 14.3. The van der Waals surface area contributed by atoms with E-state index in [2.05, 4.69) is 10.6 Å². The van der Waals surface area contributed by atoms with Crippen molar-refractivity contribution in [2.45, 2.75) is 0 Å². The van der Waals surface area contributed by atoms with Gasteiger partial charge in [0, 0.05) is 5.69 Å². The summed E-state index contributed by atoms with van der Waals surface area (Å²) in [5.41, 5.74) is 1.58. The van der Waals surface area contributed by atoms with Gasteiger partial charge in [-0.1, -0.05) is 29.8 Å². The minimum Gasteiger partial charge on any atom is -0.308 e. The SMILES string of the molecule is N#Cc1ccc(NC(=O)Nc2ccccc2)c(Cl)c1. The number of hydrogen-bond donors (Lipinski definition) is 2. The van der Waals surface area contributed by atoms with Crippen molar-refractivity contribution in [1.82, 2.24) is 0 Å². The predicted molar refractivity (Wildman–Crippen MR) is 75.3 cm³/mol. The lowest BCUT2D eigenvalue weighted by molar-refractivity contribution is 0.262. The Labute approximate surface area is 115 Å². The van der Waals surface area contributed by atoms with E-state index in [0.717, 1.165) is 0 Å². The zero-order chi connectivity index (χ0) is 13.7. The molecule has 0 heterocycles. The van der Waals surface area contributed by atoms with Gasteiger partial charge in [0.15, 0.2) is 0 Å². The lowest BCUT2D eigenvalue weighted by Crippen LogP contribution is -2.19. The van der Waals surface area contributed by atoms with Crippen LogP contribution < -0.4 is 10.6 Å². The van der Waals surface area contributed by atoms with E-state index >= 15 is 0 Å². The van der Waals surface area contributed by atoms with Crippen molar-refractivity contribution < 1.29 is 4.79 Å². The van der Waals surface area contributed by atoms with Crippen molar-refractivity contribution in [2.24, 2.45) is 0 Å². The summed E-state index contributed by atoms with van der Waals surface area (Å²) >= 11 is 5.96. The molecule has 0 saturated heterocycles. The number of carbonyl (C=O) groups excluding carboxylic acids is 1. The molecule has 2 rings (SSSR count). The Kier molecular flexibility index (Phi) is 4.01. The molecule has 0 aromatic heterocycles. The maximum atomic E-state index is 11.7. The first-order chi connectivity index (χ1) is 9.19. The van der Waals surface area contributed by atoms with Crippen LogP contribution in [-0.2, 0) is 0 Å². The number of carbonyl (C=O) groups is 1. The van der Waals surface area contributed by atoms with Crippen LogP contribution >= 0.6 is 11.6 Å². The van der Waals surface area contributed by atoms with Gasteiger partial charge in [-0.25, -0.2) is 4.79 Å². The number of benzene rings is 2. The van der Waals surface area contributed by atoms with Gasteiger partial charge in [0.05, 0.1) is 22.3 Å². The normalized spacial score (nSPS) is 9.47. The number of anilines is 2. The Morgan fingerprint density at radius 1 is 1.11 bits per heavy atom. The van der Waals surface area contributed by atoms with Crippen molar-refractivity contribution in [2.75, 3.05) is 10.6 Å². The van der Waals surface area contributed by atoms with Crippen LogP contribution in [0.4, 0.5) is 16.2 Å². The minimum absolute atomic E-state index is 0.322. The van der Waals surface area contributed by atoms with E-state index < -0.39 is 6.03 Å². The molecule has 0 saturated carbocycles. The molecule has 0 fully saturated rings. The van der Waals surface area contributed by atoms with Crippen molar-refractivity contribution in [3.05, 3.63) is 59.1 Å². The van der Waals surface area contributed by atoms with Crippen molar-refractivity contribution in [3.8, 4) is 6.07 Å². The van der Waals surface area contributed by atoms with E-state index in [0.29, 0.717) is 22.0 Å². The van der Waals surface area contributed by atoms with Crippen LogP contribution in [0.25, 0.3) is 0 Å². The zero-order valence-electron chi connectivity index (χ0n) is 9.85. The lowest BCUT2D eigenvalue weighted by atomic mass is 10.2. The Balaban J connectivity index is 2.05. The molecule has 19 heavy (non-hydrogen) atoms. The van der Waals surface area contributed by atoms with Crippen LogP contribution in [-0.4, -0.2) is 6.03 Å². The van der Waals surface area contributed by atoms with Crippen LogP contribution in [0, 0.1) is 11.3 Å². The number of rotatable bonds is 2. The smallest absolute Gasteiger partial charge is 0.308 e. The summed E-state index contributed by atoms with van der Waals surface area (Å²) in [6.07, 6.45) is 0. The monoisotopic (exact) mass is 271 g/mol. The summed E-state index contributed by atoms with van der Waals surface area (Å²) in [6, 6.07) is 15.3. The lowest BCUT2D eigenvalue weighted by Gasteiger charge is -2.09. The van der Waals surface area contributed by atoms with Gasteiger partial charge in [0.25, 0.3) is 0 Å². The number of nitrogens with one attached hydrogen (secondary N) is 2. The molecule has 0 aliphatic carbocycles. The second-order valence-electron chi connectivity index (χ2n) is 3.75. The maximum absolute atomic E-state index is 11.7. The molecule has 2 N–H and O–H groups in total. The number of nitrogens with zero attached hydrogens (tertiary/aromatic N) is 1. The predicted octanol–water partition coefficient (Wildman–Crippen LogP) is 3.86. The zero-order valence-corrected chi connectivity index (χ0v) is 10.6. The largest absolute Gasteiger partial charge is 0.323 e. The van der Waals surface area contributed by atoms with Crippen LogP contribution in [0.3, 0.4) is 0 Å². The second-order valence-corrected chi connectivity index (χ2v) is 4.16. The Morgan fingerprint density at radius 2 is 1.84 bits per heavy atom. The topological polar surface area (TPSA) is 64.9 Å².